The monoisotopic (exact) mass is 277 g/mol. The number of methoxy groups -OCH3 is 1. The van der Waals surface area contributed by atoms with Gasteiger partial charge in [-0.15, -0.1) is 0 Å². The molecule has 1 saturated heterocycles. The Morgan fingerprint density at radius 1 is 1.50 bits per heavy atom. The fourth-order valence-electron chi connectivity index (χ4n) is 3.01. The maximum Gasteiger partial charge on any atom is 0.303 e. The van der Waals surface area contributed by atoms with E-state index < -0.39 is 5.97 Å². The molecule has 1 atom stereocenters. The molecule has 110 valence electrons. The normalized spacial score (nSPS) is 19.8. The van der Waals surface area contributed by atoms with E-state index in [1.54, 1.807) is 7.11 Å². The molecule has 1 N–H and O–H groups in total. The van der Waals surface area contributed by atoms with Gasteiger partial charge >= 0.3 is 5.97 Å². The number of rotatable bonds is 5. The van der Waals surface area contributed by atoms with Crippen LogP contribution < -0.4 is 4.74 Å². The Bertz CT molecular complexity index is 473. The number of carbonyl (C=O) groups is 1. The molecule has 4 nitrogen and oxygen atoms in total. The summed E-state index contributed by atoms with van der Waals surface area (Å²) in [4.78, 5) is 13.2. The summed E-state index contributed by atoms with van der Waals surface area (Å²) in [7, 11) is 1.68. The summed E-state index contributed by atoms with van der Waals surface area (Å²) in [6.07, 6.45) is 2.41. The van der Waals surface area contributed by atoms with E-state index in [0.29, 0.717) is 5.92 Å². The van der Waals surface area contributed by atoms with Crippen LogP contribution >= 0.6 is 0 Å². The largest absolute Gasteiger partial charge is 0.496 e. The van der Waals surface area contributed by atoms with Crippen LogP contribution in [0.5, 0.6) is 5.75 Å². The summed E-state index contributed by atoms with van der Waals surface area (Å²) >= 11 is 0. The zero-order valence-electron chi connectivity index (χ0n) is 12.3. The van der Waals surface area contributed by atoms with Crippen molar-refractivity contribution in [1.29, 1.82) is 0 Å². The zero-order valence-corrected chi connectivity index (χ0v) is 12.3. The minimum Gasteiger partial charge on any atom is -0.496 e. The molecule has 0 aromatic heterocycles. The van der Waals surface area contributed by atoms with Crippen LogP contribution in [-0.2, 0) is 11.3 Å². The third-order valence-electron chi connectivity index (χ3n) is 3.93. The van der Waals surface area contributed by atoms with E-state index >= 15 is 0 Å². The van der Waals surface area contributed by atoms with Crippen LogP contribution in [0.15, 0.2) is 18.2 Å². The molecule has 20 heavy (non-hydrogen) atoms. The van der Waals surface area contributed by atoms with Crippen molar-refractivity contribution in [1.82, 2.24) is 4.90 Å². The molecule has 1 aliphatic rings. The minimum atomic E-state index is -0.683. The van der Waals surface area contributed by atoms with Gasteiger partial charge in [0, 0.05) is 19.5 Å². The van der Waals surface area contributed by atoms with Gasteiger partial charge in [0.2, 0.25) is 0 Å². The summed E-state index contributed by atoms with van der Waals surface area (Å²) in [6.45, 7) is 4.88. The Balaban J connectivity index is 1.95. The first-order chi connectivity index (χ1) is 9.58. The number of aliphatic carboxylic acids is 1. The first kappa shape index (κ1) is 14.9. The zero-order chi connectivity index (χ0) is 14.5. The van der Waals surface area contributed by atoms with Crippen LogP contribution in [0.3, 0.4) is 0 Å². The Morgan fingerprint density at radius 3 is 2.95 bits per heavy atom. The second-order valence-electron chi connectivity index (χ2n) is 5.65. The van der Waals surface area contributed by atoms with E-state index in [4.69, 9.17) is 9.84 Å². The second-order valence-corrected chi connectivity index (χ2v) is 5.65. The average Bonchev–Trinajstić information content (AvgIpc) is 2.38. The number of carboxylic acids is 1. The van der Waals surface area contributed by atoms with Crippen molar-refractivity contribution in [3.63, 3.8) is 0 Å². The summed E-state index contributed by atoms with van der Waals surface area (Å²) in [6, 6.07) is 6.25. The van der Waals surface area contributed by atoms with Gasteiger partial charge in [0.1, 0.15) is 5.75 Å². The molecule has 1 unspecified atom stereocenters. The van der Waals surface area contributed by atoms with E-state index in [1.807, 2.05) is 13.0 Å². The molecule has 1 heterocycles. The topological polar surface area (TPSA) is 49.8 Å². The van der Waals surface area contributed by atoms with Gasteiger partial charge in [0.25, 0.3) is 0 Å². The van der Waals surface area contributed by atoms with Crippen molar-refractivity contribution in [3.8, 4) is 5.75 Å². The fourth-order valence-corrected chi connectivity index (χ4v) is 3.01. The third-order valence-corrected chi connectivity index (χ3v) is 3.93. The minimum absolute atomic E-state index is 0.290. The van der Waals surface area contributed by atoms with Crippen LogP contribution in [0.1, 0.15) is 30.4 Å². The first-order valence-electron chi connectivity index (χ1n) is 7.16. The summed E-state index contributed by atoms with van der Waals surface area (Å²) in [5.41, 5.74) is 2.41. The van der Waals surface area contributed by atoms with Crippen LogP contribution in [0.2, 0.25) is 0 Å². The van der Waals surface area contributed by atoms with Gasteiger partial charge in [0.15, 0.2) is 0 Å². The molecule has 4 heteroatoms. The lowest BCUT2D eigenvalue weighted by Gasteiger charge is -2.32. The van der Waals surface area contributed by atoms with Gasteiger partial charge < -0.3 is 9.84 Å². The number of aryl methyl sites for hydroxylation is 1. The number of likely N-dealkylation sites (tertiary alicyclic amines) is 1. The van der Waals surface area contributed by atoms with Crippen LogP contribution in [0.4, 0.5) is 0 Å². The predicted molar refractivity (Wildman–Crippen MR) is 78.0 cm³/mol. The predicted octanol–water partition coefficient (Wildman–Crippen LogP) is 2.69. The van der Waals surface area contributed by atoms with Gasteiger partial charge in [-0.1, -0.05) is 12.1 Å². The highest BCUT2D eigenvalue weighted by Gasteiger charge is 2.22. The molecule has 0 spiro atoms. The molecule has 1 fully saturated rings. The van der Waals surface area contributed by atoms with Crippen LogP contribution in [-0.4, -0.2) is 36.2 Å². The molecule has 0 saturated carbocycles. The molecule has 1 aliphatic heterocycles. The van der Waals surface area contributed by atoms with E-state index in [1.165, 1.54) is 5.56 Å². The Hall–Kier alpha value is -1.55. The summed E-state index contributed by atoms with van der Waals surface area (Å²) in [5.74, 6) is 0.522. The first-order valence-corrected chi connectivity index (χ1v) is 7.16. The molecule has 0 aliphatic carbocycles. The van der Waals surface area contributed by atoms with Gasteiger partial charge in [0.05, 0.1) is 7.11 Å². The molecule has 0 amide bonds. The highest BCUT2D eigenvalue weighted by atomic mass is 16.5. The Labute approximate surface area is 120 Å². The Kier molecular flexibility index (Phi) is 5.01. The smallest absolute Gasteiger partial charge is 0.303 e. The standard InChI is InChI=1S/C16H23NO3/c1-12-8-14(5-6-15(12)20-2)11-17-7-3-4-13(10-17)9-16(18)19/h5-6,8,13H,3-4,7,9-11H2,1-2H3,(H,18,19). The van der Waals surface area contributed by atoms with Crippen LogP contribution in [0, 0.1) is 12.8 Å². The molecular formula is C16H23NO3. The van der Waals surface area contributed by atoms with Crippen molar-refractivity contribution in [3.05, 3.63) is 29.3 Å². The maximum absolute atomic E-state index is 10.8. The molecule has 2 rings (SSSR count). The highest BCUT2D eigenvalue weighted by molar-refractivity contribution is 5.67. The number of nitrogens with zero attached hydrogens (tertiary/aromatic N) is 1. The van der Waals surface area contributed by atoms with E-state index in [0.717, 1.165) is 43.8 Å². The van der Waals surface area contributed by atoms with E-state index in [2.05, 4.69) is 17.0 Å². The number of hydrogen-bond donors (Lipinski definition) is 1. The quantitative estimate of drug-likeness (QED) is 0.899. The van der Waals surface area contributed by atoms with E-state index in [9.17, 15) is 4.79 Å². The van der Waals surface area contributed by atoms with Gasteiger partial charge in [-0.05, 0) is 49.4 Å². The lowest BCUT2D eigenvalue weighted by Crippen LogP contribution is -2.35. The molecule has 1 aromatic rings. The van der Waals surface area contributed by atoms with Crippen molar-refractivity contribution >= 4 is 5.97 Å². The van der Waals surface area contributed by atoms with Crippen molar-refractivity contribution < 1.29 is 14.6 Å². The summed E-state index contributed by atoms with van der Waals surface area (Å²) < 4.78 is 5.27. The molecule has 0 radical (unpaired) electrons. The number of ether oxygens (including phenoxy) is 1. The number of carboxylic acid groups (broad SMARTS) is 1. The number of hydrogen-bond acceptors (Lipinski definition) is 3. The Morgan fingerprint density at radius 2 is 2.30 bits per heavy atom. The SMILES string of the molecule is COc1ccc(CN2CCCC(CC(=O)O)C2)cc1C. The summed E-state index contributed by atoms with van der Waals surface area (Å²) in [5, 5.41) is 8.90. The molecule has 1 aromatic carbocycles. The van der Waals surface area contributed by atoms with Crippen molar-refractivity contribution in [2.75, 3.05) is 20.2 Å². The maximum atomic E-state index is 10.8. The fraction of sp³-hybridized carbons (Fsp3) is 0.562. The second kappa shape index (κ2) is 6.75. The molecular weight excluding hydrogens is 254 g/mol. The lowest BCUT2D eigenvalue weighted by atomic mass is 9.94. The number of benzene rings is 1. The van der Waals surface area contributed by atoms with Gasteiger partial charge in [-0.3, -0.25) is 9.69 Å². The van der Waals surface area contributed by atoms with Crippen molar-refractivity contribution in [2.24, 2.45) is 5.92 Å². The van der Waals surface area contributed by atoms with Gasteiger partial charge in [-0.2, -0.15) is 0 Å². The molecule has 0 bridgehead atoms. The lowest BCUT2D eigenvalue weighted by molar-refractivity contribution is -0.138. The number of piperidine rings is 1. The third kappa shape index (κ3) is 3.97. The van der Waals surface area contributed by atoms with Crippen molar-refractivity contribution in [2.45, 2.75) is 32.7 Å². The van der Waals surface area contributed by atoms with E-state index in [-0.39, 0.29) is 6.42 Å². The average molecular weight is 277 g/mol. The van der Waals surface area contributed by atoms with Crippen LogP contribution in [0.25, 0.3) is 0 Å². The highest BCUT2D eigenvalue weighted by Crippen LogP contribution is 2.23. The van der Waals surface area contributed by atoms with Gasteiger partial charge in [-0.25, -0.2) is 0 Å².